The lowest BCUT2D eigenvalue weighted by Crippen LogP contribution is -2.20. The second-order valence-electron chi connectivity index (χ2n) is 4.03. The highest BCUT2D eigenvalue weighted by atomic mass is 32.2. The van der Waals surface area contributed by atoms with Crippen molar-refractivity contribution in [3.8, 4) is 12.1 Å². The lowest BCUT2D eigenvalue weighted by molar-refractivity contribution is 1.02. The van der Waals surface area contributed by atoms with Gasteiger partial charge in [-0.05, 0) is 30.0 Å². The highest BCUT2D eigenvalue weighted by molar-refractivity contribution is 8.14. The summed E-state index contributed by atoms with van der Waals surface area (Å²) in [6, 6.07) is 9.59. The van der Waals surface area contributed by atoms with E-state index < -0.39 is 0 Å². The summed E-state index contributed by atoms with van der Waals surface area (Å²) in [5.41, 5.74) is 2.05. The number of thioether (sulfide) groups is 1. The summed E-state index contributed by atoms with van der Waals surface area (Å²) in [6.07, 6.45) is 1.42. The van der Waals surface area contributed by atoms with E-state index in [4.69, 9.17) is 10.5 Å². The number of rotatable bonds is 2. The van der Waals surface area contributed by atoms with Crippen molar-refractivity contribution in [3.05, 3.63) is 30.0 Å². The number of hydrogen-bond donors (Lipinski definition) is 1. The lowest BCUT2D eigenvalue weighted by Gasteiger charge is -2.13. The van der Waals surface area contributed by atoms with Crippen LogP contribution in [0.25, 0.3) is 0 Å². The van der Waals surface area contributed by atoms with Gasteiger partial charge in [-0.2, -0.15) is 10.5 Å². The maximum atomic E-state index is 8.67. The van der Waals surface area contributed by atoms with E-state index in [-0.39, 0.29) is 5.57 Å². The minimum absolute atomic E-state index is 0.0540. The Labute approximate surface area is 114 Å². The monoisotopic (exact) mass is 267 g/mol. The molecule has 0 radical (unpaired) electrons. The molecule has 3 rings (SSSR count). The second-order valence-corrected chi connectivity index (χ2v) is 5.04. The average molecular weight is 267 g/mol. The molecule has 0 amide bonds. The van der Waals surface area contributed by atoms with Crippen LogP contribution in [-0.4, -0.2) is 18.3 Å². The summed E-state index contributed by atoms with van der Waals surface area (Å²) in [5, 5.41) is 21.4. The number of allylic oxidation sites excluding steroid dienone is 1. The van der Waals surface area contributed by atoms with Crippen LogP contribution in [0.2, 0.25) is 0 Å². The molecule has 0 fully saturated rings. The molecule has 0 aromatic heterocycles. The molecular weight excluding hydrogens is 258 g/mol. The summed E-state index contributed by atoms with van der Waals surface area (Å²) >= 11 is 1.68. The molecule has 2 aliphatic heterocycles. The van der Waals surface area contributed by atoms with Gasteiger partial charge in [-0.15, -0.1) is 0 Å². The lowest BCUT2D eigenvalue weighted by atomic mass is 10.2. The Balaban J connectivity index is 1.86. The number of nitrogens with one attached hydrogen (secondary N) is 1. The van der Waals surface area contributed by atoms with Gasteiger partial charge in [0.1, 0.15) is 17.7 Å². The highest BCUT2D eigenvalue weighted by Gasteiger charge is 2.29. The zero-order valence-electron chi connectivity index (χ0n) is 9.92. The minimum atomic E-state index is 0.0540. The molecule has 1 aromatic rings. The molecule has 1 N–H and O–H groups in total. The maximum Gasteiger partial charge on any atom is 0.168 e. The molecule has 6 heteroatoms. The summed E-state index contributed by atoms with van der Waals surface area (Å²) in [7, 11) is 0. The Morgan fingerprint density at radius 3 is 3.05 bits per heavy atom. The number of anilines is 2. The Morgan fingerprint density at radius 2 is 2.26 bits per heavy atom. The van der Waals surface area contributed by atoms with E-state index in [2.05, 4.69) is 15.2 Å². The Hall–Kier alpha value is -2.44. The van der Waals surface area contributed by atoms with Gasteiger partial charge in [0.2, 0.25) is 0 Å². The van der Waals surface area contributed by atoms with Crippen LogP contribution in [0.15, 0.2) is 39.9 Å². The molecular formula is C13H9N5S. The summed E-state index contributed by atoms with van der Waals surface area (Å²) in [6.45, 7) is 1.75. The molecule has 1 aromatic carbocycles. The summed E-state index contributed by atoms with van der Waals surface area (Å²) < 4.78 is 0. The number of nitriles is 2. The van der Waals surface area contributed by atoms with Gasteiger partial charge in [0.15, 0.2) is 5.17 Å². The number of benzene rings is 1. The molecule has 2 aliphatic rings. The minimum Gasteiger partial charge on any atom is -0.360 e. The molecule has 0 saturated heterocycles. The normalized spacial score (nSPS) is 14.8. The second kappa shape index (κ2) is 4.68. The zero-order chi connectivity index (χ0) is 13.2. The van der Waals surface area contributed by atoms with Crippen molar-refractivity contribution in [2.75, 3.05) is 23.3 Å². The standard InChI is InChI=1S/C13H9N5S/c14-6-9(7-15)8-17-10-1-2-12-11(5-10)18-4-3-16-13(18)19-12/h1-2,5,8,17H,3-4H2. The number of fused-ring (bicyclic) bond motifs is 3. The number of nitrogens with zero attached hydrogens (tertiary/aromatic N) is 4. The fraction of sp³-hybridized carbons (Fsp3) is 0.154. The zero-order valence-corrected chi connectivity index (χ0v) is 10.7. The van der Waals surface area contributed by atoms with Crippen LogP contribution in [0, 0.1) is 22.7 Å². The Kier molecular flexibility index (Phi) is 2.86. The maximum absolute atomic E-state index is 8.67. The van der Waals surface area contributed by atoms with E-state index in [0.29, 0.717) is 0 Å². The van der Waals surface area contributed by atoms with Crippen molar-refractivity contribution < 1.29 is 0 Å². The topological polar surface area (TPSA) is 75.2 Å². The highest BCUT2D eigenvalue weighted by Crippen LogP contribution is 2.43. The van der Waals surface area contributed by atoms with Gasteiger partial charge in [0, 0.05) is 23.3 Å². The van der Waals surface area contributed by atoms with Crippen LogP contribution in [0.4, 0.5) is 11.4 Å². The molecule has 92 valence electrons. The van der Waals surface area contributed by atoms with Crippen LogP contribution in [0.1, 0.15) is 0 Å². The van der Waals surface area contributed by atoms with Crippen molar-refractivity contribution in [2.24, 2.45) is 4.99 Å². The average Bonchev–Trinajstić information content (AvgIpc) is 3.00. The summed E-state index contributed by atoms with van der Waals surface area (Å²) in [4.78, 5) is 7.80. The van der Waals surface area contributed by atoms with Gasteiger partial charge in [-0.3, -0.25) is 4.99 Å². The Morgan fingerprint density at radius 1 is 1.42 bits per heavy atom. The predicted octanol–water partition coefficient (Wildman–Crippen LogP) is 2.31. The van der Waals surface area contributed by atoms with Crippen molar-refractivity contribution in [3.63, 3.8) is 0 Å². The first kappa shape index (κ1) is 11.6. The van der Waals surface area contributed by atoms with Crippen molar-refractivity contribution in [1.82, 2.24) is 0 Å². The molecule has 0 spiro atoms. The van der Waals surface area contributed by atoms with Crippen molar-refractivity contribution >= 4 is 28.3 Å². The van der Waals surface area contributed by atoms with E-state index >= 15 is 0 Å². The van der Waals surface area contributed by atoms with Gasteiger partial charge in [0.05, 0.1) is 12.2 Å². The molecule has 0 unspecified atom stereocenters. The van der Waals surface area contributed by atoms with Crippen LogP contribution in [0.3, 0.4) is 0 Å². The third kappa shape index (κ3) is 2.03. The van der Waals surface area contributed by atoms with Gasteiger partial charge in [0.25, 0.3) is 0 Å². The first-order valence-electron chi connectivity index (χ1n) is 5.72. The molecule has 0 atom stereocenters. The first-order chi connectivity index (χ1) is 9.31. The molecule has 0 aliphatic carbocycles. The number of amidine groups is 1. The van der Waals surface area contributed by atoms with Crippen LogP contribution in [-0.2, 0) is 0 Å². The first-order valence-corrected chi connectivity index (χ1v) is 6.54. The quantitative estimate of drug-likeness (QED) is 0.832. The number of hydrogen-bond acceptors (Lipinski definition) is 6. The van der Waals surface area contributed by atoms with Gasteiger partial charge >= 0.3 is 0 Å². The van der Waals surface area contributed by atoms with E-state index in [1.54, 1.807) is 11.8 Å². The van der Waals surface area contributed by atoms with Crippen LogP contribution >= 0.6 is 11.8 Å². The van der Waals surface area contributed by atoms with Gasteiger partial charge < -0.3 is 10.2 Å². The third-order valence-corrected chi connectivity index (χ3v) is 3.97. The van der Waals surface area contributed by atoms with Crippen molar-refractivity contribution in [2.45, 2.75) is 4.90 Å². The van der Waals surface area contributed by atoms with Gasteiger partial charge in [-0.1, -0.05) is 0 Å². The fourth-order valence-corrected chi connectivity index (χ4v) is 3.05. The fourth-order valence-electron chi connectivity index (χ4n) is 1.99. The van der Waals surface area contributed by atoms with E-state index in [0.717, 1.165) is 29.6 Å². The van der Waals surface area contributed by atoms with E-state index in [1.807, 2.05) is 30.3 Å². The van der Waals surface area contributed by atoms with Crippen LogP contribution < -0.4 is 10.2 Å². The summed E-state index contributed by atoms with van der Waals surface area (Å²) in [5.74, 6) is 0. The van der Waals surface area contributed by atoms with Crippen molar-refractivity contribution in [1.29, 1.82) is 10.5 Å². The number of aliphatic imine (C=N–C) groups is 1. The third-order valence-electron chi connectivity index (χ3n) is 2.88. The molecule has 0 bridgehead atoms. The van der Waals surface area contributed by atoms with Crippen LogP contribution in [0.5, 0.6) is 0 Å². The predicted molar refractivity (Wildman–Crippen MR) is 74.9 cm³/mol. The SMILES string of the molecule is N#CC(C#N)=CNc1ccc2c(c1)N1CCN=C1S2. The largest absolute Gasteiger partial charge is 0.360 e. The van der Waals surface area contributed by atoms with E-state index in [1.165, 1.54) is 11.1 Å². The van der Waals surface area contributed by atoms with Gasteiger partial charge in [-0.25, -0.2) is 0 Å². The molecule has 2 heterocycles. The molecule has 19 heavy (non-hydrogen) atoms. The smallest absolute Gasteiger partial charge is 0.168 e. The Bertz CT molecular complexity index is 661. The van der Waals surface area contributed by atoms with E-state index in [9.17, 15) is 0 Å². The molecule has 0 saturated carbocycles. The molecule has 5 nitrogen and oxygen atoms in total.